The number of hydrogen-bond acceptors (Lipinski definition) is 5. The van der Waals surface area contributed by atoms with Crippen molar-refractivity contribution < 1.29 is 22.8 Å². The number of amides is 3. The summed E-state index contributed by atoms with van der Waals surface area (Å²) in [6.07, 6.45) is 3.16. The number of nitrogens with zero attached hydrogens (tertiary/aromatic N) is 1. The van der Waals surface area contributed by atoms with Crippen molar-refractivity contribution in [3.8, 4) is 0 Å². The van der Waals surface area contributed by atoms with E-state index in [0.29, 0.717) is 25.2 Å². The molecule has 9 heteroatoms. The molecule has 8 nitrogen and oxygen atoms in total. The number of imide groups is 1. The Hall–Kier alpha value is -3.04. The average Bonchev–Trinajstić information content (AvgIpc) is 3.01. The number of benzene rings is 2. The summed E-state index contributed by atoms with van der Waals surface area (Å²) < 4.78 is 27.4. The second-order valence-electron chi connectivity index (χ2n) is 7.61. The fourth-order valence-corrected chi connectivity index (χ4v) is 4.48. The van der Waals surface area contributed by atoms with Gasteiger partial charge in [0.2, 0.25) is 10.0 Å². The highest BCUT2D eigenvalue weighted by molar-refractivity contribution is 7.89. The van der Waals surface area contributed by atoms with E-state index >= 15 is 0 Å². The van der Waals surface area contributed by atoms with Crippen LogP contribution in [-0.4, -0.2) is 44.1 Å². The highest BCUT2D eigenvalue weighted by Gasteiger charge is 2.35. The molecular formula is C23H27N3O5S. The molecule has 1 aliphatic rings. The summed E-state index contributed by atoms with van der Waals surface area (Å²) in [5.74, 6) is -1.26. The van der Waals surface area contributed by atoms with Gasteiger partial charge >= 0.3 is 0 Å². The molecule has 0 aromatic heterocycles. The standard InChI is InChI=1S/C23H27N3O5S/c1-3-5-12-24-32(30,31)18-9-7-8-17(15-18)25-21(27)16-10-11-19-20(14-16)23(29)26(22(19)28)13-6-4-2/h7-11,14-15,24H,3-6,12-13H2,1-2H3,(H,25,27). The molecule has 0 aliphatic carbocycles. The molecule has 0 unspecified atom stereocenters. The van der Waals surface area contributed by atoms with Crippen LogP contribution in [0.4, 0.5) is 5.69 Å². The number of carbonyl (C=O) groups is 3. The second-order valence-corrected chi connectivity index (χ2v) is 9.38. The molecule has 0 spiro atoms. The van der Waals surface area contributed by atoms with Gasteiger partial charge in [0.1, 0.15) is 0 Å². The zero-order valence-corrected chi connectivity index (χ0v) is 19.0. The first-order valence-corrected chi connectivity index (χ1v) is 12.2. The predicted molar refractivity (Wildman–Crippen MR) is 121 cm³/mol. The van der Waals surface area contributed by atoms with Gasteiger partial charge in [-0.1, -0.05) is 32.8 Å². The van der Waals surface area contributed by atoms with E-state index in [1.165, 1.54) is 35.2 Å². The van der Waals surface area contributed by atoms with Crippen LogP contribution in [0.2, 0.25) is 0 Å². The van der Waals surface area contributed by atoms with E-state index in [0.717, 1.165) is 19.3 Å². The molecule has 2 aromatic carbocycles. The SMILES string of the molecule is CCCCNS(=O)(=O)c1cccc(NC(=O)c2ccc3c(c2)C(=O)N(CCCC)C3=O)c1. The molecule has 32 heavy (non-hydrogen) atoms. The van der Waals surface area contributed by atoms with Crippen molar-refractivity contribution in [3.05, 3.63) is 59.2 Å². The predicted octanol–water partition coefficient (Wildman–Crippen LogP) is 3.41. The summed E-state index contributed by atoms with van der Waals surface area (Å²) >= 11 is 0. The Morgan fingerprint density at radius 1 is 0.938 bits per heavy atom. The zero-order chi connectivity index (χ0) is 23.3. The minimum Gasteiger partial charge on any atom is -0.322 e. The van der Waals surface area contributed by atoms with Crippen molar-refractivity contribution in [1.29, 1.82) is 0 Å². The number of sulfonamides is 1. The topological polar surface area (TPSA) is 113 Å². The summed E-state index contributed by atoms with van der Waals surface area (Å²) in [5, 5.41) is 2.66. The smallest absolute Gasteiger partial charge is 0.261 e. The van der Waals surface area contributed by atoms with Crippen molar-refractivity contribution in [2.45, 2.75) is 44.4 Å². The Kier molecular flexibility index (Phi) is 7.42. The van der Waals surface area contributed by atoms with Crippen LogP contribution in [0.1, 0.15) is 70.6 Å². The lowest BCUT2D eigenvalue weighted by atomic mass is 10.1. The Morgan fingerprint density at radius 3 is 2.38 bits per heavy atom. The molecule has 1 aliphatic heterocycles. The molecule has 1 heterocycles. The van der Waals surface area contributed by atoms with Crippen molar-refractivity contribution in [2.24, 2.45) is 0 Å². The van der Waals surface area contributed by atoms with Crippen LogP contribution in [0.25, 0.3) is 0 Å². The summed E-state index contributed by atoms with van der Waals surface area (Å²) in [6.45, 7) is 4.63. The van der Waals surface area contributed by atoms with Gasteiger partial charge in [0, 0.05) is 24.3 Å². The van der Waals surface area contributed by atoms with Crippen molar-refractivity contribution in [2.75, 3.05) is 18.4 Å². The van der Waals surface area contributed by atoms with Gasteiger partial charge in [-0.2, -0.15) is 0 Å². The van der Waals surface area contributed by atoms with Crippen LogP contribution in [-0.2, 0) is 10.0 Å². The normalized spacial score (nSPS) is 13.4. The first kappa shape index (κ1) is 23.6. The third-order valence-corrected chi connectivity index (χ3v) is 6.65. The minimum absolute atomic E-state index is 0.0488. The Balaban J connectivity index is 1.76. The van der Waals surface area contributed by atoms with Crippen LogP contribution < -0.4 is 10.0 Å². The van der Waals surface area contributed by atoms with E-state index < -0.39 is 21.8 Å². The fourth-order valence-electron chi connectivity index (χ4n) is 3.36. The molecule has 0 saturated carbocycles. The molecule has 0 bridgehead atoms. The lowest BCUT2D eigenvalue weighted by Gasteiger charge is -2.12. The molecular weight excluding hydrogens is 430 g/mol. The maximum atomic E-state index is 12.7. The fraction of sp³-hybridized carbons (Fsp3) is 0.348. The van der Waals surface area contributed by atoms with Gasteiger partial charge < -0.3 is 5.32 Å². The highest BCUT2D eigenvalue weighted by Crippen LogP contribution is 2.25. The monoisotopic (exact) mass is 457 g/mol. The van der Waals surface area contributed by atoms with Gasteiger partial charge in [0.25, 0.3) is 17.7 Å². The zero-order valence-electron chi connectivity index (χ0n) is 18.2. The van der Waals surface area contributed by atoms with Gasteiger partial charge in [0.15, 0.2) is 0 Å². The first-order chi connectivity index (χ1) is 15.3. The Labute approximate surface area is 188 Å². The van der Waals surface area contributed by atoms with Crippen molar-refractivity contribution >= 4 is 33.4 Å². The summed E-state index contributed by atoms with van der Waals surface area (Å²) in [4.78, 5) is 39.1. The maximum absolute atomic E-state index is 12.7. The third-order valence-electron chi connectivity index (χ3n) is 5.19. The highest BCUT2D eigenvalue weighted by atomic mass is 32.2. The molecule has 0 fully saturated rings. The average molecular weight is 458 g/mol. The van der Waals surface area contributed by atoms with Crippen LogP contribution in [0.15, 0.2) is 47.4 Å². The van der Waals surface area contributed by atoms with Crippen LogP contribution in [0, 0.1) is 0 Å². The van der Waals surface area contributed by atoms with Crippen molar-refractivity contribution in [1.82, 2.24) is 9.62 Å². The maximum Gasteiger partial charge on any atom is 0.261 e. The van der Waals surface area contributed by atoms with E-state index in [4.69, 9.17) is 0 Å². The van der Waals surface area contributed by atoms with E-state index in [9.17, 15) is 22.8 Å². The second kappa shape index (κ2) is 10.1. The summed E-state index contributed by atoms with van der Waals surface area (Å²) in [5.41, 5.74) is 1.00. The lowest BCUT2D eigenvalue weighted by Crippen LogP contribution is -2.30. The number of anilines is 1. The lowest BCUT2D eigenvalue weighted by molar-refractivity contribution is 0.0652. The molecule has 0 saturated heterocycles. The van der Waals surface area contributed by atoms with Gasteiger partial charge in [-0.15, -0.1) is 0 Å². The quantitative estimate of drug-likeness (QED) is 0.419. The molecule has 0 atom stereocenters. The van der Waals surface area contributed by atoms with E-state index in [-0.39, 0.29) is 27.5 Å². The summed E-state index contributed by atoms with van der Waals surface area (Å²) in [6, 6.07) is 10.3. The number of nitrogens with one attached hydrogen (secondary N) is 2. The van der Waals surface area contributed by atoms with E-state index in [1.807, 2.05) is 13.8 Å². The van der Waals surface area contributed by atoms with Gasteiger partial charge in [-0.3, -0.25) is 19.3 Å². The largest absolute Gasteiger partial charge is 0.322 e. The van der Waals surface area contributed by atoms with E-state index in [1.54, 1.807) is 12.1 Å². The van der Waals surface area contributed by atoms with Crippen molar-refractivity contribution in [3.63, 3.8) is 0 Å². The Morgan fingerprint density at radius 2 is 1.66 bits per heavy atom. The molecule has 3 amide bonds. The number of rotatable bonds is 10. The number of carbonyl (C=O) groups excluding carboxylic acids is 3. The summed E-state index contributed by atoms with van der Waals surface area (Å²) in [7, 11) is -3.68. The first-order valence-electron chi connectivity index (χ1n) is 10.7. The van der Waals surface area contributed by atoms with Gasteiger partial charge in [-0.25, -0.2) is 13.1 Å². The molecule has 2 N–H and O–H groups in total. The minimum atomic E-state index is -3.68. The molecule has 3 rings (SSSR count). The third kappa shape index (κ3) is 5.05. The van der Waals surface area contributed by atoms with Gasteiger partial charge in [0.05, 0.1) is 16.0 Å². The van der Waals surface area contributed by atoms with Gasteiger partial charge in [-0.05, 0) is 49.2 Å². The molecule has 170 valence electrons. The number of unbranched alkanes of at least 4 members (excludes halogenated alkanes) is 2. The number of fused-ring (bicyclic) bond motifs is 1. The van der Waals surface area contributed by atoms with Crippen LogP contribution >= 0.6 is 0 Å². The molecule has 0 radical (unpaired) electrons. The van der Waals surface area contributed by atoms with Crippen LogP contribution in [0.3, 0.4) is 0 Å². The van der Waals surface area contributed by atoms with E-state index in [2.05, 4.69) is 10.0 Å². The Bertz CT molecular complexity index is 1140. The number of hydrogen-bond donors (Lipinski definition) is 2. The molecule has 2 aromatic rings. The van der Waals surface area contributed by atoms with Crippen LogP contribution in [0.5, 0.6) is 0 Å².